The number of fused-ring (bicyclic) bond motifs is 1. The molecule has 0 unspecified atom stereocenters. The number of methoxy groups -OCH3 is 1. The van der Waals surface area contributed by atoms with Crippen molar-refractivity contribution in [2.75, 3.05) is 7.11 Å². The zero-order valence-corrected chi connectivity index (χ0v) is 15.1. The molecule has 1 aliphatic carbocycles. The van der Waals surface area contributed by atoms with Crippen LogP contribution in [0.3, 0.4) is 0 Å². The summed E-state index contributed by atoms with van der Waals surface area (Å²) in [6.07, 6.45) is -2.54. The number of Topliss-reactive ketones (excluding diaryl/α,β-unsaturated/α-hetero) is 2. The number of hydrogen-bond donors (Lipinski definition) is 0. The lowest BCUT2D eigenvalue weighted by Crippen LogP contribution is -2.22. The molecular formula is C20H18F3NO3. The van der Waals surface area contributed by atoms with E-state index < -0.39 is 11.7 Å². The lowest BCUT2D eigenvalue weighted by molar-refractivity contribution is -0.0913. The molecule has 142 valence electrons. The van der Waals surface area contributed by atoms with Crippen LogP contribution in [0.5, 0.6) is 5.75 Å². The van der Waals surface area contributed by atoms with Gasteiger partial charge in [-0.05, 0) is 32.7 Å². The molecule has 0 fully saturated rings. The lowest BCUT2D eigenvalue weighted by atomic mass is 9.82. The van der Waals surface area contributed by atoms with Gasteiger partial charge in [-0.3, -0.25) is 14.6 Å². The summed E-state index contributed by atoms with van der Waals surface area (Å²) in [7, 11) is 1.40. The molecule has 1 aromatic carbocycles. The van der Waals surface area contributed by atoms with Crippen molar-refractivity contribution in [3.63, 3.8) is 0 Å². The Morgan fingerprint density at radius 1 is 1.22 bits per heavy atom. The van der Waals surface area contributed by atoms with Crippen LogP contribution in [0.25, 0.3) is 0 Å². The Labute approximate surface area is 154 Å². The molecule has 0 radical (unpaired) electrons. The van der Waals surface area contributed by atoms with E-state index in [0.717, 1.165) is 19.1 Å². The van der Waals surface area contributed by atoms with E-state index in [1.54, 1.807) is 12.1 Å². The highest BCUT2D eigenvalue weighted by Gasteiger charge is 2.33. The SMILES string of the molecule is C=N/C(=C\C=C(/C)C(F)(F)F)CC1=C(C)C(=O)c2c(OC)cccc2C1=O. The first-order chi connectivity index (χ1) is 12.6. The monoisotopic (exact) mass is 377 g/mol. The van der Waals surface area contributed by atoms with Gasteiger partial charge in [0.1, 0.15) is 5.75 Å². The first-order valence-corrected chi connectivity index (χ1v) is 7.99. The second-order valence-corrected chi connectivity index (χ2v) is 5.98. The fraction of sp³-hybridized carbons (Fsp3) is 0.250. The van der Waals surface area contributed by atoms with E-state index in [9.17, 15) is 22.8 Å². The summed E-state index contributed by atoms with van der Waals surface area (Å²) in [5.74, 6) is -0.444. The third-order valence-corrected chi connectivity index (χ3v) is 4.32. The van der Waals surface area contributed by atoms with Crippen LogP contribution in [-0.2, 0) is 0 Å². The molecule has 0 saturated heterocycles. The van der Waals surface area contributed by atoms with E-state index in [1.807, 2.05) is 0 Å². The van der Waals surface area contributed by atoms with Crippen molar-refractivity contribution in [3.8, 4) is 5.75 Å². The molecule has 4 nitrogen and oxygen atoms in total. The van der Waals surface area contributed by atoms with E-state index >= 15 is 0 Å². The fourth-order valence-electron chi connectivity index (χ4n) is 2.66. The largest absolute Gasteiger partial charge is 0.496 e. The van der Waals surface area contributed by atoms with Crippen molar-refractivity contribution in [1.29, 1.82) is 0 Å². The Morgan fingerprint density at radius 2 is 1.89 bits per heavy atom. The predicted molar refractivity (Wildman–Crippen MR) is 96.4 cm³/mol. The molecule has 0 heterocycles. The Morgan fingerprint density at radius 3 is 2.44 bits per heavy atom. The average Bonchev–Trinajstić information content (AvgIpc) is 2.63. The first-order valence-electron chi connectivity index (χ1n) is 7.99. The molecular weight excluding hydrogens is 359 g/mol. The maximum Gasteiger partial charge on any atom is 0.412 e. The zero-order valence-electron chi connectivity index (χ0n) is 15.1. The molecule has 0 amide bonds. The van der Waals surface area contributed by atoms with Crippen LogP contribution in [0.2, 0.25) is 0 Å². The van der Waals surface area contributed by atoms with Gasteiger partial charge in [-0.1, -0.05) is 18.2 Å². The van der Waals surface area contributed by atoms with Crippen LogP contribution >= 0.6 is 0 Å². The number of carbonyl (C=O) groups excluding carboxylic acids is 2. The Kier molecular flexibility index (Phi) is 5.83. The summed E-state index contributed by atoms with van der Waals surface area (Å²) in [6, 6.07) is 4.70. The summed E-state index contributed by atoms with van der Waals surface area (Å²) < 4.78 is 43.0. The highest BCUT2D eigenvalue weighted by Crippen LogP contribution is 2.35. The van der Waals surface area contributed by atoms with Crippen LogP contribution in [0.15, 0.2) is 57.8 Å². The number of nitrogens with zero attached hydrogens (tertiary/aromatic N) is 1. The smallest absolute Gasteiger partial charge is 0.412 e. The van der Waals surface area contributed by atoms with Crippen molar-refractivity contribution in [1.82, 2.24) is 0 Å². The summed E-state index contributed by atoms with van der Waals surface area (Å²) in [5, 5.41) is 0. The van der Waals surface area contributed by atoms with Gasteiger partial charge in [0.15, 0.2) is 11.6 Å². The summed E-state index contributed by atoms with van der Waals surface area (Å²) >= 11 is 0. The maximum absolute atomic E-state index is 12.8. The molecule has 1 aromatic rings. The standard InChI is InChI=1S/C20H18F3NO3/c1-11(20(21,22)23)8-9-13(24-3)10-15-12(2)18(25)17-14(19(15)26)6-5-7-16(17)27-4/h5-9H,3,10H2,1-2,4H3/b11-8+,13-9-. The van der Waals surface area contributed by atoms with Crippen LogP contribution in [0, 0.1) is 0 Å². The van der Waals surface area contributed by atoms with Gasteiger partial charge < -0.3 is 4.74 Å². The molecule has 0 bridgehead atoms. The van der Waals surface area contributed by atoms with Crippen LogP contribution in [0.1, 0.15) is 41.0 Å². The molecule has 2 rings (SSSR count). The molecule has 0 atom stereocenters. The Balaban J connectivity index is 2.44. The minimum absolute atomic E-state index is 0.0990. The minimum atomic E-state index is -4.45. The normalized spacial score (nSPS) is 15.8. The van der Waals surface area contributed by atoms with Gasteiger partial charge in [0.25, 0.3) is 0 Å². The maximum atomic E-state index is 12.8. The molecule has 0 N–H and O–H groups in total. The number of ketones is 2. The van der Waals surface area contributed by atoms with Gasteiger partial charge in [0.2, 0.25) is 0 Å². The number of ether oxygens (including phenoxy) is 1. The summed E-state index contributed by atoms with van der Waals surface area (Å²) in [4.78, 5) is 29.2. The van der Waals surface area contributed by atoms with Crippen LogP contribution in [0.4, 0.5) is 13.2 Å². The predicted octanol–water partition coefficient (Wildman–Crippen LogP) is 4.87. The fourth-order valence-corrected chi connectivity index (χ4v) is 2.66. The van der Waals surface area contributed by atoms with Gasteiger partial charge in [-0.2, -0.15) is 13.2 Å². The topological polar surface area (TPSA) is 55.7 Å². The molecule has 1 aliphatic rings. The van der Waals surface area contributed by atoms with Gasteiger partial charge in [0.05, 0.1) is 12.7 Å². The number of aliphatic imine (C=N–C) groups is 1. The van der Waals surface area contributed by atoms with Crippen LogP contribution in [-0.4, -0.2) is 31.6 Å². The number of hydrogen-bond acceptors (Lipinski definition) is 4. The van der Waals surface area contributed by atoms with Crippen molar-refractivity contribution in [2.45, 2.75) is 26.4 Å². The molecule has 0 aromatic heterocycles. The van der Waals surface area contributed by atoms with Crippen molar-refractivity contribution < 1.29 is 27.5 Å². The molecule has 0 spiro atoms. The number of alkyl halides is 3. The minimum Gasteiger partial charge on any atom is -0.496 e. The van der Waals surface area contributed by atoms with Crippen molar-refractivity contribution >= 4 is 18.3 Å². The molecule has 0 saturated carbocycles. The van der Waals surface area contributed by atoms with Crippen molar-refractivity contribution in [2.24, 2.45) is 4.99 Å². The number of rotatable bonds is 5. The second kappa shape index (κ2) is 7.73. The summed E-state index contributed by atoms with van der Waals surface area (Å²) in [5.41, 5.74) is 0.123. The molecule has 0 aliphatic heterocycles. The second-order valence-electron chi connectivity index (χ2n) is 5.98. The van der Waals surface area contributed by atoms with E-state index in [4.69, 9.17) is 4.74 Å². The van der Waals surface area contributed by atoms with Gasteiger partial charge >= 0.3 is 6.18 Å². The van der Waals surface area contributed by atoms with E-state index in [-0.39, 0.29) is 46.0 Å². The van der Waals surface area contributed by atoms with E-state index in [0.29, 0.717) is 5.75 Å². The van der Waals surface area contributed by atoms with Gasteiger partial charge in [-0.25, -0.2) is 0 Å². The van der Waals surface area contributed by atoms with Gasteiger partial charge in [-0.15, -0.1) is 0 Å². The van der Waals surface area contributed by atoms with Gasteiger partial charge in [0, 0.05) is 34.4 Å². The highest BCUT2D eigenvalue weighted by molar-refractivity contribution is 6.27. The third-order valence-electron chi connectivity index (χ3n) is 4.32. The lowest BCUT2D eigenvalue weighted by Gasteiger charge is -2.21. The number of benzene rings is 1. The zero-order chi connectivity index (χ0) is 20.4. The highest BCUT2D eigenvalue weighted by atomic mass is 19.4. The van der Waals surface area contributed by atoms with E-state index in [1.165, 1.54) is 20.1 Å². The van der Waals surface area contributed by atoms with Crippen LogP contribution < -0.4 is 4.74 Å². The summed E-state index contributed by atoms with van der Waals surface area (Å²) in [6.45, 7) is 5.77. The third kappa shape index (κ3) is 4.07. The number of carbonyl (C=O) groups is 2. The average molecular weight is 377 g/mol. The number of allylic oxidation sites excluding steroid dienone is 5. The van der Waals surface area contributed by atoms with E-state index in [2.05, 4.69) is 11.7 Å². The first kappa shape index (κ1) is 20.4. The number of halogens is 3. The molecule has 27 heavy (non-hydrogen) atoms. The Bertz CT molecular complexity index is 906. The Hall–Kier alpha value is -2.96. The quantitative estimate of drug-likeness (QED) is 0.543. The van der Waals surface area contributed by atoms with Crippen molar-refractivity contribution in [3.05, 3.63) is 63.9 Å². The molecule has 7 heteroatoms.